The topological polar surface area (TPSA) is 38.9 Å². The molecule has 2 N–H and O–H groups in total. The average Bonchev–Trinajstić information content (AvgIpc) is 2.27. The normalized spacial score (nSPS) is 14.4. The van der Waals surface area contributed by atoms with E-state index in [2.05, 4.69) is 32.7 Å². The lowest BCUT2D eigenvalue weighted by molar-refractivity contribution is 0.565. The van der Waals surface area contributed by atoms with E-state index in [0.717, 1.165) is 6.42 Å². The minimum absolute atomic E-state index is 0.149. The van der Waals surface area contributed by atoms with E-state index in [1.807, 2.05) is 6.92 Å². The molecule has 80 valence electrons. The van der Waals surface area contributed by atoms with Crippen LogP contribution in [-0.4, -0.2) is 11.0 Å². The van der Waals surface area contributed by atoms with Crippen molar-refractivity contribution in [2.75, 3.05) is 0 Å². The quantitative estimate of drug-likeness (QED) is 0.818. The van der Waals surface area contributed by atoms with Gasteiger partial charge in [0.05, 0.1) is 10.7 Å². The highest BCUT2D eigenvalue weighted by molar-refractivity contribution is 7.11. The van der Waals surface area contributed by atoms with Crippen molar-refractivity contribution in [3.63, 3.8) is 0 Å². The molecule has 2 nitrogen and oxygen atoms in total. The summed E-state index contributed by atoms with van der Waals surface area (Å²) < 4.78 is 0. The number of rotatable bonds is 2. The van der Waals surface area contributed by atoms with Gasteiger partial charge in [0.1, 0.15) is 0 Å². The van der Waals surface area contributed by atoms with Crippen LogP contribution < -0.4 is 5.73 Å². The highest BCUT2D eigenvalue weighted by Gasteiger charge is 2.21. The maximum absolute atomic E-state index is 5.76. The molecule has 14 heavy (non-hydrogen) atoms. The summed E-state index contributed by atoms with van der Waals surface area (Å²) in [4.78, 5) is 5.99. The first-order valence-corrected chi connectivity index (χ1v) is 5.84. The SMILES string of the molecule is Cc1sc(CC(C)N)nc1C(C)(C)C. The van der Waals surface area contributed by atoms with Gasteiger partial charge < -0.3 is 5.73 Å². The van der Waals surface area contributed by atoms with Crippen LogP contribution >= 0.6 is 11.3 Å². The molecule has 1 atom stereocenters. The molecule has 0 bridgehead atoms. The molecule has 0 fully saturated rings. The Bertz CT molecular complexity index is 308. The van der Waals surface area contributed by atoms with Crippen molar-refractivity contribution in [1.82, 2.24) is 4.98 Å². The van der Waals surface area contributed by atoms with Crippen molar-refractivity contribution in [2.24, 2.45) is 5.73 Å². The summed E-state index contributed by atoms with van der Waals surface area (Å²) in [6.07, 6.45) is 0.890. The van der Waals surface area contributed by atoms with Crippen LogP contribution in [0.4, 0.5) is 0 Å². The van der Waals surface area contributed by atoms with E-state index < -0.39 is 0 Å². The Balaban J connectivity index is 2.94. The predicted molar refractivity (Wildman–Crippen MR) is 62.9 cm³/mol. The Morgan fingerprint density at radius 2 is 2.00 bits per heavy atom. The molecule has 0 aliphatic carbocycles. The van der Waals surface area contributed by atoms with Crippen LogP contribution in [0.1, 0.15) is 43.3 Å². The largest absolute Gasteiger partial charge is 0.328 e. The van der Waals surface area contributed by atoms with Gasteiger partial charge in [-0.05, 0) is 13.8 Å². The highest BCUT2D eigenvalue weighted by Crippen LogP contribution is 2.29. The number of aromatic nitrogens is 1. The third-order valence-electron chi connectivity index (χ3n) is 2.05. The molecule has 0 spiro atoms. The van der Waals surface area contributed by atoms with E-state index in [4.69, 9.17) is 5.73 Å². The van der Waals surface area contributed by atoms with Gasteiger partial charge in [0.2, 0.25) is 0 Å². The number of hydrogen-bond donors (Lipinski definition) is 1. The van der Waals surface area contributed by atoms with Crippen molar-refractivity contribution in [2.45, 2.75) is 52.5 Å². The lowest BCUT2D eigenvalue weighted by Crippen LogP contribution is -2.18. The first-order chi connectivity index (χ1) is 6.30. The fourth-order valence-corrected chi connectivity index (χ4v) is 2.79. The molecular formula is C11H20N2S. The van der Waals surface area contributed by atoms with Crippen molar-refractivity contribution in [3.05, 3.63) is 15.6 Å². The zero-order valence-corrected chi connectivity index (χ0v) is 10.5. The van der Waals surface area contributed by atoms with Gasteiger partial charge in [0, 0.05) is 22.8 Å². The molecule has 0 aromatic carbocycles. The van der Waals surface area contributed by atoms with Gasteiger partial charge >= 0.3 is 0 Å². The van der Waals surface area contributed by atoms with Crippen LogP contribution in [0.5, 0.6) is 0 Å². The number of aryl methyl sites for hydroxylation is 1. The van der Waals surface area contributed by atoms with E-state index in [1.54, 1.807) is 11.3 Å². The lowest BCUT2D eigenvalue weighted by atomic mass is 9.91. The standard InChI is InChI=1S/C11H20N2S/c1-7(12)6-9-13-10(8(2)14-9)11(3,4)5/h7H,6,12H2,1-5H3. The average molecular weight is 212 g/mol. The highest BCUT2D eigenvalue weighted by atomic mass is 32.1. The zero-order valence-electron chi connectivity index (χ0n) is 9.72. The summed E-state index contributed by atoms with van der Waals surface area (Å²) in [5.41, 5.74) is 7.13. The third-order valence-corrected chi connectivity index (χ3v) is 3.04. The van der Waals surface area contributed by atoms with Gasteiger partial charge in [-0.2, -0.15) is 0 Å². The summed E-state index contributed by atoms with van der Waals surface area (Å²) >= 11 is 1.78. The second kappa shape index (κ2) is 3.99. The molecule has 1 heterocycles. The smallest absolute Gasteiger partial charge is 0.0946 e. The second-order valence-electron chi connectivity index (χ2n) is 4.94. The minimum Gasteiger partial charge on any atom is -0.328 e. The predicted octanol–water partition coefficient (Wildman–Crippen LogP) is 2.64. The van der Waals surface area contributed by atoms with Crippen LogP contribution in [-0.2, 0) is 11.8 Å². The van der Waals surface area contributed by atoms with Crippen LogP contribution in [0.2, 0.25) is 0 Å². The molecule has 0 aliphatic heterocycles. The molecule has 1 rings (SSSR count). The molecule has 0 saturated heterocycles. The van der Waals surface area contributed by atoms with E-state index in [9.17, 15) is 0 Å². The minimum atomic E-state index is 0.149. The summed E-state index contributed by atoms with van der Waals surface area (Å²) in [5.74, 6) is 0. The Morgan fingerprint density at radius 3 is 2.36 bits per heavy atom. The monoisotopic (exact) mass is 212 g/mol. The molecule has 1 aromatic rings. The maximum Gasteiger partial charge on any atom is 0.0946 e. The Labute approximate surface area is 90.6 Å². The summed E-state index contributed by atoms with van der Waals surface area (Å²) in [7, 11) is 0. The number of nitrogens with two attached hydrogens (primary N) is 1. The molecule has 1 unspecified atom stereocenters. The van der Waals surface area contributed by atoms with Crippen LogP contribution in [0, 0.1) is 6.92 Å². The fraction of sp³-hybridized carbons (Fsp3) is 0.727. The van der Waals surface area contributed by atoms with E-state index >= 15 is 0 Å². The second-order valence-corrected chi connectivity index (χ2v) is 6.23. The maximum atomic E-state index is 5.76. The van der Waals surface area contributed by atoms with Gasteiger partial charge in [-0.15, -0.1) is 11.3 Å². The van der Waals surface area contributed by atoms with E-state index in [1.165, 1.54) is 15.6 Å². The van der Waals surface area contributed by atoms with Gasteiger partial charge in [0.15, 0.2) is 0 Å². The van der Waals surface area contributed by atoms with Crippen LogP contribution in [0.25, 0.3) is 0 Å². The summed E-state index contributed by atoms with van der Waals surface area (Å²) in [6.45, 7) is 10.8. The molecular weight excluding hydrogens is 192 g/mol. The van der Waals surface area contributed by atoms with E-state index in [-0.39, 0.29) is 11.5 Å². The molecule has 0 amide bonds. The lowest BCUT2D eigenvalue weighted by Gasteiger charge is -2.16. The Morgan fingerprint density at radius 1 is 1.43 bits per heavy atom. The van der Waals surface area contributed by atoms with Crippen molar-refractivity contribution in [1.29, 1.82) is 0 Å². The van der Waals surface area contributed by atoms with Gasteiger partial charge in [-0.3, -0.25) is 0 Å². The van der Waals surface area contributed by atoms with Crippen LogP contribution in [0.3, 0.4) is 0 Å². The van der Waals surface area contributed by atoms with Crippen LogP contribution in [0.15, 0.2) is 0 Å². The van der Waals surface area contributed by atoms with Crippen molar-refractivity contribution in [3.8, 4) is 0 Å². The molecule has 3 heteroatoms. The van der Waals surface area contributed by atoms with Gasteiger partial charge in [0.25, 0.3) is 0 Å². The first-order valence-electron chi connectivity index (χ1n) is 5.03. The van der Waals surface area contributed by atoms with E-state index in [0.29, 0.717) is 0 Å². The Kier molecular flexibility index (Phi) is 3.32. The number of thiazole rings is 1. The Hall–Kier alpha value is -0.410. The fourth-order valence-electron chi connectivity index (χ4n) is 1.51. The molecule has 1 aromatic heterocycles. The number of nitrogens with zero attached hydrogens (tertiary/aromatic N) is 1. The first kappa shape index (κ1) is 11.7. The number of hydrogen-bond acceptors (Lipinski definition) is 3. The van der Waals surface area contributed by atoms with Gasteiger partial charge in [-0.1, -0.05) is 20.8 Å². The third kappa shape index (κ3) is 2.79. The molecule has 0 aliphatic rings. The van der Waals surface area contributed by atoms with Crippen molar-refractivity contribution >= 4 is 11.3 Å². The van der Waals surface area contributed by atoms with Crippen molar-refractivity contribution < 1.29 is 0 Å². The van der Waals surface area contributed by atoms with Gasteiger partial charge in [-0.25, -0.2) is 4.98 Å². The zero-order chi connectivity index (χ0) is 10.9. The summed E-state index contributed by atoms with van der Waals surface area (Å²) in [6, 6.07) is 0.202. The summed E-state index contributed by atoms with van der Waals surface area (Å²) in [5, 5.41) is 1.17. The molecule has 0 saturated carbocycles. The molecule has 0 radical (unpaired) electrons.